The van der Waals surface area contributed by atoms with Crippen molar-refractivity contribution in [1.82, 2.24) is 16.0 Å². The van der Waals surface area contributed by atoms with Gasteiger partial charge in [0.2, 0.25) is 17.7 Å². The Morgan fingerprint density at radius 1 is 1.04 bits per heavy atom. The standard InChI is InChI=1S/C16H31N7O5/c1-9(2)6-11(15(27)28)23-13(25)8-21-12(24)7-22-14(26)10(17)4-3-5-20-16(18)19/h9-11H,3-8,17H2,1-2H3,(H,21,24)(H,22,26)(H,23,25)(H,27,28)(H4,18,19,20). The number of amides is 3. The number of carbonyl (C=O) groups excluding carboxylic acids is 3. The molecule has 0 aliphatic carbocycles. The van der Waals surface area contributed by atoms with Crippen LogP contribution in [0.3, 0.4) is 0 Å². The Balaban J connectivity index is 4.13. The first-order chi connectivity index (χ1) is 13.0. The summed E-state index contributed by atoms with van der Waals surface area (Å²) in [5.74, 6) is -2.87. The van der Waals surface area contributed by atoms with Gasteiger partial charge in [-0.25, -0.2) is 4.79 Å². The summed E-state index contributed by atoms with van der Waals surface area (Å²) in [4.78, 5) is 50.1. The van der Waals surface area contributed by atoms with Gasteiger partial charge in [0.1, 0.15) is 6.04 Å². The lowest BCUT2D eigenvalue weighted by atomic mass is 10.0. The van der Waals surface area contributed by atoms with Gasteiger partial charge in [0.05, 0.1) is 19.1 Å². The molecular formula is C16H31N7O5. The van der Waals surface area contributed by atoms with E-state index < -0.39 is 42.3 Å². The number of nitrogens with one attached hydrogen (secondary N) is 3. The second-order valence-corrected chi connectivity index (χ2v) is 6.64. The van der Waals surface area contributed by atoms with Gasteiger partial charge in [-0.3, -0.25) is 19.4 Å². The molecule has 0 aromatic carbocycles. The molecule has 28 heavy (non-hydrogen) atoms. The third-order valence-corrected chi connectivity index (χ3v) is 3.51. The van der Waals surface area contributed by atoms with Gasteiger partial charge >= 0.3 is 5.97 Å². The van der Waals surface area contributed by atoms with Crippen LogP contribution in [-0.4, -0.2) is 66.5 Å². The average molecular weight is 401 g/mol. The molecular weight excluding hydrogens is 370 g/mol. The normalized spacial score (nSPS) is 12.6. The molecule has 2 unspecified atom stereocenters. The van der Waals surface area contributed by atoms with Gasteiger partial charge in [0.25, 0.3) is 0 Å². The zero-order valence-corrected chi connectivity index (χ0v) is 16.2. The van der Waals surface area contributed by atoms with Crippen molar-refractivity contribution in [3.8, 4) is 0 Å². The maximum absolute atomic E-state index is 11.8. The molecule has 0 aliphatic rings. The number of nitrogens with zero attached hydrogens (tertiary/aromatic N) is 1. The molecule has 0 fully saturated rings. The quantitative estimate of drug-likeness (QED) is 0.0970. The predicted octanol–water partition coefficient (Wildman–Crippen LogP) is -2.78. The van der Waals surface area contributed by atoms with Gasteiger partial charge in [-0.15, -0.1) is 0 Å². The first kappa shape index (κ1) is 25.1. The van der Waals surface area contributed by atoms with E-state index in [1.165, 1.54) is 0 Å². The maximum Gasteiger partial charge on any atom is 0.326 e. The van der Waals surface area contributed by atoms with Crippen molar-refractivity contribution in [2.45, 2.75) is 45.2 Å². The maximum atomic E-state index is 11.8. The number of guanidine groups is 1. The first-order valence-electron chi connectivity index (χ1n) is 8.90. The molecule has 0 aromatic rings. The van der Waals surface area contributed by atoms with Crippen LogP contribution in [-0.2, 0) is 19.2 Å². The second-order valence-electron chi connectivity index (χ2n) is 6.64. The van der Waals surface area contributed by atoms with Crippen LogP contribution in [0.25, 0.3) is 0 Å². The highest BCUT2D eigenvalue weighted by Crippen LogP contribution is 2.04. The van der Waals surface area contributed by atoms with E-state index in [9.17, 15) is 19.2 Å². The SMILES string of the molecule is CC(C)CC(NC(=O)CNC(=O)CNC(=O)C(N)CCCN=C(N)N)C(=O)O. The fourth-order valence-electron chi connectivity index (χ4n) is 2.13. The number of aliphatic imine (C=N–C) groups is 1. The van der Waals surface area contributed by atoms with Crippen LogP contribution < -0.4 is 33.2 Å². The molecule has 0 spiro atoms. The van der Waals surface area contributed by atoms with E-state index in [0.717, 1.165) is 0 Å². The fourth-order valence-corrected chi connectivity index (χ4v) is 2.13. The lowest BCUT2D eigenvalue weighted by Gasteiger charge is -2.16. The number of rotatable bonds is 13. The smallest absolute Gasteiger partial charge is 0.326 e. The lowest BCUT2D eigenvalue weighted by molar-refractivity contribution is -0.142. The highest BCUT2D eigenvalue weighted by Gasteiger charge is 2.21. The lowest BCUT2D eigenvalue weighted by Crippen LogP contribution is -2.48. The largest absolute Gasteiger partial charge is 0.480 e. The van der Waals surface area contributed by atoms with E-state index in [4.69, 9.17) is 22.3 Å². The summed E-state index contributed by atoms with van der Waals surface area (Å²) >= 11 is 0. The van der Waals surface area contributed by atoms with E-state index in [-0.39, 0.29) is 24.8 Å². The number of carbonyl (C=O) groups is 4. The Morgan fingerprint density at radius 2 is 1.64 bits per heavy atom. The topological polar surface area (TPSA) is 215 Å². The van der Waals surface area contributed by atoms with Gasteiger partial charge in [-0.05, 0) is 25.2 Å². The fraction of sp³-hybridized carbons (Fsp3) is 0.688. The van der Waals surface area contributed by atoms with Crippen LogP contribution in [0.5, 0.6) is 0 Å². The Kier molecular flexibility index (Phi) is 11.9. The molecule has 0 saturated carbocycles. The monoisotopic (exact) mass is 401 g/mol. The van der Waals surface area contributed by atoms with Crippen molar-refractivity contribution in [1.29, 1.82) is 0 Å². The number of hydrogen-bond acceptors (Lipinski definition) is 6. The molecule has 2 atom stereocenters. The minimum Gasteiger partial charge on any atom is -0.480 e. The van der Waals surface area contributed by atoms with E-state index in [0.29, 0.717) is 19.4 Å². The summed E-state index contributed by atoms with van der Waals surface area (Å²) in [6, 6.07) is -1.85. The zero-order valence-electron chi connectivity index (χ0n) is 16.2. The Morgan fingerprint density at radius 3 is 2.18 bits per heavy atom. The molecule has 12 nitrogen and oxygen atoms in total. The molecule has 0 aliphatic heterocycles. The van der Waals surface area contributed by atoms with Crippen molar-refractivity contribution < 1.29 is 24.3 Å². The van der Waals surface area contributed by atoms with Crippen LogP contribution in [0.2, 0.25) is 0 Å². The number of hydrogen-bond donors (Lipinski definition) is 7. The minimum atomic E-state index is -1.14. The average Bonchev–Trinajstić information content (AvgIpc) is 2.60. The third kappa shape index (κ3) is 12.5. The van der Waals surface area contributed by atoms with Gasteiger partial charge in [0.15, 0.2) is 5.96 Å². The van der Waals surface area contributed by atoms with E-state index in [1.54, 1.807) is 0 Å². The van der Waals surface area contributed by atoms with Crippen LogP contribution in [0.4, 0.5) is 0 Å². The predicted molar refractivity (Wildman–Crippen MR) is 103 cm³/mol. The first-order valence-corrected chi connectivity index (χ1v) is 8.90. The van der Waals surface area contributed by atoms with Crippen LogP contribution in [0.15, 0.2) is 4.99 Å². The molecule has 3 amide bonds. The van der Waals surface area contributed by atoms with Crippen LogP contribution in [0, 0.1) is 5.92 Å². The molecule has 0 radical (unpaired) electrons. The van der Waals surface area contributed by atoms with Crippen molar-refractivity contribution >= 4 is 29.7 Å². The van der Waals surface area contributed by atoms with Gasteiger partial charge in [-0.1, -0.05) is 13.8 Å². The molecule has 0 bridgehead atoms. The van der Waals surface area contributed by atoms with Crippen molar-refractivity contribution in [2.24, 2.45) is 28.1 Å². The molecule has 0 heterocycles. The number of nitrogens with two attached hydrogens (primary N) is 3. The Labute approximate surface area is 163 Å². The van der Waals surface area contributed by atoms with E-state index in [1.807, 2.05) is 13.8 Å². The van der Waals surface area contributed by atoms with Crippen molar-refractivity contribution in [3.05, 3.63) is 0 Å². The van der Waals surface area contributed by atoms with E-state index >= 15 is 0 Å². The van der Waals surface area contributed by atoms with Crippen molar-refractivity contribution in [3.63, 3.8) is 0 Å². The minimum absolute atomic E-state index is 0.0439. The molecule has 160 valence electrons. The molecule has 10 N–H and O–H groups in total. The molecule has 0 rings (SSSR count). The Hall–Kier alpha value is -2.89. The molecule has 12 heteroatoms. The summed E-state index contributed by atoms with van der Waals surface area (Å²) in [5, 5.41) is 16.1. The number of carboxylic acids is 1. The van der Waals surface area contributed by atoms with Gasteiger partial charge in [-0.2, -0.15) is 0 Å². The highest BCUT2D eigenvalue weighted by molar-refractivity contribution is 5.90. The highest BCUT2D eigenvalue weighted by atomic mass is 16.4. The van der Waals surface area contributed by atoms with Crippen LogP contribution >= 0.6 is 0 Å². The van der Waals surface area contributed by atoms with Gasteiger partial charge in [0, 0.05) is 6.54 Å². The second kappa shape index (κ2) is 13.3. The molecule has 0 aromatic heterocycles. The summed E-state index contributed by atoms with van der Waals surface area (Å²) in [6.07, 6.45) is 1.10. The molecule has 0 saturated heterocycles. The Bertz CT molecular complexity index is 576. The summed E-state index contributed by atoms with van der Waals surface area (Å²) in [6.45, 7) is 3.24. The summed E-state index contributed by atoms with van der Waals surface area (Å²) < 4.78 is 0. The third-order valence-electron chi connectivity index (χ3n) is 3.51. The van der Waals surface area contributed by atoms with Gasteiger partial charge < -0.3 is 38.3 Å². The van der Waals surface area contributed by atoms with Crippen molar-refractivity contribution in [2.75, 3.05) is 19.6 Å². The van der Waals surface area contributed by atoms with E-state index in [2.05, 4.69) is 20.9 Å². The zero-order chi connectivity index (χ0) is 21.7. The summed E-state index contributed by atoms with van der Waals surface area (Å²) in [5.41, 5.74) is 16.0. The number of aliphatic carboxylic acids is 1. The van der Waals surface area contributed by atoms with Crippen LogP contribution in [0.1, 0.15) is 33.1 Å². The summed E-state index contributed by atoms with van der Waals surface area (Å²) in [7, 11) is 0. The number of carboxylic acid groups (broad SMARTS) is 1.